The van der Waals surface area contributed by atoms with E-state index in [1.54, 1.807) is 0 Å². The van der Waals surface area contributed by atoms with Crippen molar-refractivity contribution in [2.45, 2.75) is 13.0 Å². The van der Waals surface area contributed by atoms with Crippen LogP contribution in [0.3, 0.4) is 0 Å². The molecule has 1 aliphatic heterocycles. The van der Waals surface area contributed by atoms with Gasteiger partial charge in [0.1, 0.15) is 0 Å². The van der Waals surface area contributed by atoms with E-state index in [-0.39, 0.29) is 24.8 Å². The molecule has 1 heterocycles. The van der Waals surface area contributed by atoms with E-state index < -0.39 is 0 Å². The van der Waals surface area contributed by atoms with E-state index in [1.165, 1.54) is 11.1 Å². The summed E-state index contributed by atoms with van der Waals surface area (Å²) < 4.78 is 0. The molecular formula is C9H15Cl2N3. The van der Waals surface area contributed by atoms with Crippen molar-refractivity contribution in [1.82, 2.24) is 5.32 Å². The molecule has 14 heavy (non-hydrogen) atoms. The average molecular weight is 236 g/mol. The zero-order valence-electron chi connectivity index (χ0n) is 7.75. The summed E-state index contributed by atoms with van der Waals surface area (Å²) in [6, 6.07) is 3.76. The van der Waals surface area contributed by atoms with Crippen molar-refractivity contribution >= 4 is 36.2 Å². The van der Waals surface area contributed by atoms with Gasteiger partial charge in [0, 0.05) is 17.9 Å². The second kappa shape index (κ2) is 5.29. The van der Waals surface area contributed by atoms with E-state index in [0.29, 0.717) is 0 Å². The largest absolute Gasteiger partial charge is 0.398 e. The van der Waals surface area contributed by atoms with Gasteiger partial charge < -0.3 is 16.8 Å². The standard InChI is InChI=1S/C9H13N3.2ClH/c10-8-1-2-9(11)7-5-12-4-3-6(7)8;;/h1-2,12H,3-5,10-11H2;2*1H. The summed E-state index contributed by atoms with van der Waals surface area (Å²) in [6.45, 7) is 1.85. The van der Waals surface area contributed by atoms with Crippen molar-refractivity contribution < 1.29 is 0 Å². The molecule has 0 spiro atoms. The van der Waals surface area contributed by atoms with Crippen LogP contribution in [0.15, 0.2) is 12.1 Å². The molecule has 2 rings (SSSR count). The quantitative estimate of drug-likeness (QED) is 0.595. The number of fused-ring (bicyclic) bond motifs is 1. The fourth-order valence-electron chi connectivity index (χ4n) is 1.66. The molecule has 1 aromatic carbocycles. The van der Waals surface area contributed by atoms with Crippen LogP contribution in [-0.2, 0) is 13.0 Å². The van der Waals surface area contributed by atoms with Crippen LogP contribution in [0.1, 0.15) is 11.1 Å². The zero-order valence-corrected chi connectivity index (χ0v) is 9.38. The maximum Gasteiger partial charge on any atom is 0.0363 e. The Hall–Kier alpha value is -0.640. The summed E-state index contributed by atoms with van der Waals surface area (Å²) in [5.41, 5.74) is 15.8. The number of nitrogen functional groups attached to an aromatic ring is 2. The predicted molar refractivity (Wildman–Crippen MR) is 65.2 cm³/mol. The van der Waals surface area contributed by atoms with Crippen molar-refractivity contribution in [3.8, 4) is 0 Å². The van der Waals surface area contributed by atoms with Gasteiger partial charge in [-0.3, -0.25) is 0 Å². The smallest absolute Gasteiger partial charge is 0.0363 e. The number of nitrogens with one attached hydrogen (secondary N) is 1. The van der Waals surface area contributed by atoms with Crippen LogP contribution >= 0.6 is 24.8 Å². The molecule has 3 nitrogen and oxygen atoms in total. The van der Waals surface area contributed by atoms with Gasteiger partial charge in [-0.2, -0.15) is 0 Å². The summed E-state index contributed by atoms with van der Waals surface area (Å²) in [5, 5.41) is 3.27. The highest BCUT2D eigenvalue weighted by Gasteiger charge is 2.13. The third kappa shape index (κ3) is 2.23. The lowest BCUT2D eigenvalue weighted by Gasteiger charge is -2.20. The summed E-state index contributed by atoms with van der Waals surface area (Å²) in [6.07, 6.45) is 0.992. The summed E-state index contributed by atoms with van der Waals surface area (Å²) in [5.74, 6) is 0. The van der Waals surface area contributed by atoms with Gasteiger partial charge in [0.2, 0.25) is 0 Å². The third-order valence-electron chi connectivity index (χ3n) is 2.36. The van der Waals surface area contributed by atoms with Gasteiger partial charge in [0.05, 0.1) is 0 Å². The van der Waals surface area contributed by atoms with Crippen LogP contribution in [0.25, 0.3) is 0 Å². The number of hydrogen-bond donors (Lipinski definition) is 3. The highest BCUT2D eigenvalue weighted by molar-refractivity contribution is 5.85. The van der Waals surface area contributed by atoms with Gasteiger partial charge in [0.25, 0.3) is 0 Å². The number of halogens is 2. The molecule has 0 atom stereocenters. The summed E-state index contributed by atoms with van der Waals surface area (Å²) >= 11 is 0. The molecule has 0 saturated carbocycles. The van der Waals surface area contributed by atoms with Crippen LogP contribution in [-0.4, -0.2) is 6.54 Å². The fraction of sp³-hybridized carbons (Fsp3) is 0.333. The average Bonchev–Trinajstić information content (AvgIpc) is 2.12. The molecule has 5 heteroatoms. The summed E-state index contributed by atoms with van der Waals surface area (Å²) in [7, 11) is 0. The molecule has 0 saturated heterocycles. The number of hydrogen-bond acceptors (Lipinski definition) is 3. The van der Waals surface area contributed by atoms with E-state index in [4.69, 9.17) is 11.5 Å². The molecule has 0 bridgehead atoms. The first kappa shape index (κ1) is 13.4. The van der Waals surface area contributed by atoms with Gasteiger partial charge in [-0.15, -0.1) is 24.8 Å². The van der Waals surface area contributed by atoms with Gasteiger partial charge in [0.15, 0.2) is 0 Å². The lowest BCUT2D eigenvalue weighted by molar-refractivity contribution is 0.647. The van der Waals surface area contributed by atoms with Crippen molar-refractivity contribution in [3.63, 3.8) is 0 Å². The van der Waals surface area contributed by atoms with Crippen molar-refractivity contribution in [1.29, 1.82) is 0 Å². The lowest BCUT2D eigenvalue weighted by Crippen LogP contribution is -2.25. The Balaban J connectivity index is 0.000000845. The Morgan fingerprint density at radius 1 is 1.00 bits per heavy atom. The molecule has 5 N–H and O–H groups in total. The minimum Gasteiger partial charge on any atom is -0.398 e. The van der Waals surface area contributed by atoms with Crippen LogP contribution in [0.5, 0.6) is 0 Å². The number of nitrogens with two attached hydrogens (primary N) is 2. The van der Waals surface area contributed by atoms with Gasteiger partial charge in [-0.25, -0.2) is 0 Å². The minimum absolute atomic E-state index is 0. The Kier molecular flexibility index (Phi) is 5.05. The molecule has 0 aliphatic carbocycles. The maximum absolute atomic E-state index is 5.83. The van der Waals surface area contributed by atoms with Gasteiger partial charge in [-0.1, -0.05) is 0 Å². The van der Waals surface area contributed by atoms with E-state index in [2.05, 4.69) is 5.32 Å². The number of anilines is 2. The van der Waals surface area contributed by atoms with Crippen LogP contribution in [0.2, 0.25) is 0 Å². The molecule has 80 valence electrons. The molecule has 0 amide bonds. The van der Waals surface area contributed by atoms with E-state index in [9.17, 15) is 0 Å². The Morgan fingerprint density at radius 3 is 2.14 bits per heavy atom. The Labute approximate surface area is 96.1 Å². The molecule has 1 aromatic rings. The van der Waals surface area contributed by atoms with E-state index >= 15 is 0 Å². The highest BCUT2D eigenvalue weighted by Crippen LogP contribution is 2.25. The number of rotatable bonds is 0. The topological polar surface area (TPSA) is 64.1 Å². The second-order valence-electron chi connectivity index (χ2n) is 3.13. The van der Waals surface area contributed by atoms with Gasteiger partial charge >= 0.3 is 0 Å². The molecule has 0 aromatic heterocycles. The van der Waals surface area contributed by atoms with Gasteiger partial charge in [-0.05, 0) is 36.2 Å². The van der Waals surface area contributed by atoms with Crippen LogP contribution < -0.4 is 16.8 Å². The van der Waals surface area contributed by atoms with Crippen LogP contribution in [0.4, 0.5) is 11.4 Å². The summed E-state index contributed by atoms with van der Waals surface area (Å²) in [4.78, 5) is 0. The first-order valence-corrected chi connectivity index (χ1v) is 4.15. The minimum atomic E-state index is 0. The molecule has 0 radical (unpaired) electrons. The molecular weight excluding hydrogens is 221 g/mol. The zero-order chi connectivity index (χ0) is 8.55. The maximum atomic E-state index is 5.83. The lowest BCUT2D eigenvalue weighted by atomic mass is 9.98. The third-order valence-corrected chi connectivity index (χ3v) is 2.36. The van der Waals surface area contributed by atoms with Crippen molar-refractivity contribution in [2.24, 2.45) is 0 Å². The second-order valence-corrected chi connectivity index (χ2v) is 3.13. The Bertz CT molecular complexity index is 284. The SMILES string of the molecule is Cl.Cl.Nc1ccc(N)c2c1CCNC2. The van der Waals surface area contributed by atoms with Crippen molar-refractivity contribution in [2.75, 3.05) is 18.0 Å². The molecule has 0 unspecified atom stereocenters. The first-order valence-electron chi connectivity index (χ1n) is 4.15. The van der Waals surface area contributed by atoms with E-state index in [1.807, 2.05) is 12.1 Å². The normalized spacial score (nSPS) is 13.4. The number of benzene rings is 1. The van der Waals surface area contributed by atoms with E-state index in [0.717, 1.165) is 30.9 Å². The Morgan fingerprint density at radius 2 is 1.57 bits per heavy atom. The van der Waals surface area contributed by atoms with Crippen LogP contribution in [0, 0.1) is 0 Å². The molecule has 0 fully saturated rings. The van der Waals surface area contributed by atoms with Crippen molar-refractivity contribution in [3.05, 3.63) is 23.3 Å². The first-order chi connectivity index (χ1) is 5.79. The fourth-order valence-corrected chi connectivity index (χ4v) is 1.66. The highest BCUT2D eigenvalue weighted by atomic mass is 35.5. The predicted octanol–water partition coefficient (Wildman–Crippen LogP) is 1.34. The molecule has 1 aliphatic rings. The monoisotopic (exact) mass is 235 g/mol.